The molecule has 1 N–H and O–H groups in total. The Morgan fingerprint density at radius 3 is 2.37 bits per heavy atom. The van der Waals surface area contributed by atoms with Gasteiger partial charge in [-0.05, 0) is 42.3 Å². The van der Waals surface area contributed by atoms with Gasteiger partial charge >= 0.3 is 0 Å². The molecule has 0 saturated heterocycles. The maximum atomic E-state index is 9.23. The third-order valence-corrected chi connectivity index (χ3v) is 2.92. The second-order valence-electron chi connectivity index (χ2n) is 4.15. The van der Waals surface area contributed by atoms with Crippen molar-refractivity contribution >= 4 is 0 Å². The lowest BCUT2D eigenvalue weighted by Crippen LogP contribution is -1.93. The van der Waals surface area contributed by atoms with E-state index in [9.17, 15) is 5.11 Å². The van der Waals surface area contributed by atoms with E-state index in [4.69, 9.17) is 9.47 Å². The van der Waals surface area contributed by atoms with Gasteiger partial charge < -0.3 is 14.6 Å². The minimum Gasteiger partial charge on any atom is -0.496 e. The molecule has 2 aromatic carbocycles. The summed E-state index contributed by atoms with van der Waals surface area (Å²) >= 11 is 0. The van der Waals surface area contributed by atoms with Gasteiger partial charge in [0.1, 0.15) is 11.5 Å². The van der Waals surface area contributed by atoms with Crippen molar-refractivity contribution in [2.24, 2.45) is 0 Å². The lowest BCUT2D eigenvalue weighted by Gasteiger charge is -2.11. The standard InChI is InChI=1S/C16H18O3/c1-3-19-14-7-5-13(6-8-14)15-10-12(11-17)4-9-16(15)18-2/h4-10,17H,3,11H2,1-2H3. The summed E-state index contributed by atoms with van der Waals surface area (Å²) in [7, 11) is 1.64. The number of rotatable bonds is 5. The Labute approximate surface area is 113 Å². The molecule has 2 rings (SSSR count). The lowest BCUT2D eigenvalue weighted by molar-refractivity contribution is 0.281. The number of benzene rings is 2. The molecule has 3 nitrogen and oxygen atoms in total. The average Bonchev–Trinajstić information content (AvgIpc) is 2.47. The Bertz CT molecular complexity index is 532. The molecule has 0 heterocycles. The zero-order valence-electron chi connectivity index (χ0n) is 11.2. The van der Waals surface area contributed by atoms with Crippen LogP contribution in [0.4, 0.5) is 0 Å². The van der Waals surface area contributed by atoms with Gasteiger partial charge in [-0.1, -0.05) is 18.2 Å². The summed E-state index contributed by atoms with van der Waals surface area (Å²) in [5.41, 5.74) is 2.87. The van der Waals surface area contributed by atoms with Gasteiger partial charge in [-0.2, -0.15) is 0 Å². The summed E-state index contributed by atoms with van der Waals surface area (Å²) in [4.78, 5) is 0. The zero-order valence-corrected chi connectivity index (χ0v) is 11.2. The molecule has 0 radical (unpaired) electrons. The van der Waals surface area contributed by atoms with E-state index in [-0.39, 0.29) is 6.61 Å². The highest BCUT2D eigenvalue weighted by molar-refractivity contribution is 5.71. The number of methoxy groups -OCH3 is 1. The fourth-order valence-electron chi connectivity index (χ4n) is 1.98. The third kappa shape index (κ3) is 3.06. The van der Waals surface area contributed by atoms with Crippen molar-refractivity contribution in [2.45, 2.75) is 13.5 Å². The Hall–Kier alpha value is -2.00. The van der Waals surface area contributed by atoms with Gasteiger partial charge in [-0.3, -0.25) is 0 Å². The van der Waals surface area contributed by atoms with Crippen molar-refractivity contribution in [1.82, 2.24) is 0 Å². The van der Waals surface area contributed by atoms with Crippen LogP contribution in [-0.2, 0) is 6.61 Å². The normalized spacial score (nSPS) is 10.3. The largest absolute Gasteiger partial charge is 0.496 e. The number of aliphatic hydroxyl groups excluding tert-OH is 1. The fraction of sp³-hybridized carbons (Fsp3) is 0.250. The van der Waals surface area contributed by atoms with Crippen LogP contribution < -0.4 is 9.47 Å². The second-order valence-corrected chi connectivity index (χ2v) is 4.15. The summed E-state index contributed by atoms with van der Waals surface area (Å²) in [5.74, 6) is 1.64. The molecule has 0 aliphatic heterocycles. The summed E-state index contributed by atoms with van der Waals surface area (Å²) in [6.45, 7) is 2.64. The van der Waals surface area contributed by atoms with Crippen molar-refractivity contribution in [2.75, 3.05) is 13.7 Å². The second kappa shape index (κ2) is 6.25. The van der Waals surface area contributed by atoms with E-state index < -0.39 is 0 Å². The van der Waals surface area contributed by atoms with Crippen LogP contribution >= 0.6 is 0 Å². The molecule has 19 heavy (non-hydrogen) atoms. The molecule has 0 aromatic heterocycles. The Morgan fingerprint density at radius 2 is 1.79 bits per heavy atom. The predicted octanol–water partition coefficient (Wildman–Crippen LogP) is 3.25. The van der Waals surface area contributed by atoms with Gasteiger partial charge in [0.05, 0.1) is 20.3 Å². The highest BCUT2D eigenvalue weighted by atomic mass is 16.5. The van der Waals surface area contributed by atoms with Crippen molar-refractivity contribution in [3.63, 3.8) is 0 Å². The zero-order chi connectivity index (χ0) is 13.7. The molecule has 0 amide bonds. The Balaban J connectivity index is 2.38. The van der Waals surface area contributed by atoms with Gasteiger partial charge in [0.2, 0.25) is 0 Å². The van der Waals surface area contributed by atoms with E-state index in [1.54, 1.807) is 7.11 Å². The van der Waals surface area contributed by atoms with E-state index in [2.05, 4.69) is 0 Å². The topological polar surface area (TPSA) is 38.7 Å². The van der Waals surface area contributed by atoms with Crippen molar-refractivity contribution in [1.29, 1.82) is 0 Å². The summed E-state index contributed by atoms with van der Waals surface area (Å²) in [5, 5.41) is 9.23. The van der Waals surface area contributed by atoms with E-state index in [1.807, 2.05) is 49.4 Å². The van der Waals surface area contributed by atoms with Crippen molar-refractivity contribution in [3.8, 4) is 22.6 Å². The van der Waals surface area contributed by atoms with Crippen LogP contribution in [0.2, 0.25) is 0 Å². The summed E-state index contributed by atoms with van der Waals surface area (Å²) < 4.78 is 10.8. The number of aliphatic hydroxyl groups is 1. The average molecular weight is 258 g/mol. The molecule has 0 atom stereocenters. The van der Waals surface area contributed by atoms with E-state index in [0.29, 0.717) is 6.61 Å². The maximum Gasteiger partial charge on any atom is 0.126 e. The van der Waals surface area contributed by atoms with Crippen LogP contribution in [0.1, 0.15) is 12.5 Å². The first-order valence-corrected chi connectivity index (χ1v) is 6.29. The van der Waals surface area contributed by atoms with Crippen LogP contribution in [-0.4, -0.2) is 18.8 Å². The van der Waals surface area contributed by atoms with Crippen LogP contribution in [0, 0.1) is 0 Å². The lowest BCUT2D eigenvalue weighted by atomic mass is 10.0. The van der Waals surface area contributed by atoms with E-state index >= 15 is 0 Å². The van der Waals surface area contributed by atoms with Crippen LogP contribution in [0.5, 0.6) is 11.5 Å². The summed E-state index contributed by atoms with van der Waals surface area (Å²) in [6.07, 6.45) is 0. The third-order valence-electron chi connectivity index (χ3n) is 2.92. The number of hydrogen-bond acceptors (Lipinski definition) is 3. The van der Waals surface area contributed by atoms with Crippen LogP contribution in [0.25, 0.3) is 11.1 Å². The quantitative estimate of drug-likeness (QED) is 0.894. The molecule has 3 heteroatoms. The number of hydrogen-bond donors (Lipinski definition) is 1. The smallest absolute Gasteiger partial charge is 0.126 e. The van der Waals surface area contributed by atoms with Crippen molar-refractivity contribution in [3.05, 3.63) is 48.0 Å². The highest BCUT2D eigenvalue weighted by Crippen LogP contribution is 2.32. The van der Waals surface area contributed by atoms with Gasteiger partial charge in [-0.15, -0.1) is 0 Å². The molecule has 100 valence electrons. The maximum absolute atomic E-state index is 9.23. The minimum atomic E-state index is 0.0218. The Morgan fingerprint density at radius 1 is 1.05 bits per heavy atom. The first kappa shape index (κ1) is 13.4. The molecule has 0 bridgehead atoms. The number of ether oxygens (including phenoxy) is 2. The van der Waals surface area contributed by atoms with E-state index in [1.165, 1.54) is 0 Å². The fourth-order valence-corrected chi connectivity index (χ4v) is 1.98. The first-order chi connectivity index (χ1) is 9.28. The molecule has 0 fully saturated rings. The minimum absolute atomic E-state index is 0.0218. The van der Waals surface area contributed by atoms with Crippen LogP contribution in [0.15, 0.2) is 42.5 Å². The Kier molecular flexibility index (Phi) is 4.42. The molecule has 0 saturated carbocycles. The highest BCUT2D eigenvalue weighted by Gasteiger charge is 2.07. The van der Waals surface area contributed by atoms with Gasteiger partial charge in [0.25, 0.3) is 0 Å². The molecular formula is C16H18O3. The predicted molar refractivity (Wildman–Crippen MR) is 75.5 cm³/mol. The first-order valence-electron chi connectivity index (χ1n) is 6.29. The molecule has 0 unspecified atom stereocenters. The van der Waals surface area contributed by atoms with E-state index in [0.717, 1.165) is 28.2 Å². The molecule has 0 aliphatic carbocycles. The molecule has 2 aromatic rings. The molecule has 0 aliphatic rings. The monoisotopic (exact) mass is 258 g/mol. The van der Waals surface area contributed by atoms with Crippen LogP contribution in [0.3, 0.4) is 0 Å². The SMILES string of the molecule is CCOc1ccc(-c2cc(CO)ccc2OC)cc1. The molecule has 0 spiro atoms. The van der Waals surface area contributed by atoms with Gasteiger partial charge in [0.15, 0.2) is 0 Å². The van der Waals surface area contributed by atoms with Gasteiger partial charge in [-0.25, -0.2) is 0 Å². The summed E-state index contributed by atoms with van der Waals surface area (Å²) in [6, 6.07) is 13.5. The van der Waals surface area contributed by atoms with Gasteiger partial charge in [0, 0.05) is 5.56 Å². The molecular weight excluding hydrogens is 240 g/mol. The van der Waals surface area contributed by atoms with Crippen molar-refractivity contribution < 1.29 is 14.6 Å².